The number of alkyl halides is 3. The third kappa shape index (κ3) is 6.13. The van der Waals surface area contributed by atoms with Crippen LogP contribution in [0.3, 0.4) is 0 Å². The van der Waals surface area contributed by atoms with Crippen LogP contribution in [-0.4, -0.2) is 51.4 Å². The summed E-state index contributed by atoms with van der Waals surface area (Å²) in [6, 6.07) is 2.57. The fourth-order valence-corrected chi connectivity index (χ4v) is 4.01. The highest BCUT2D eigenvalue weighted by atomic mass is 19.4. The first-order valence-electron chi connectivity index (χ1n) is 10.3. The Kier molecular flexibility index (Phi) is 8.43. The highest BCUT2D eigenvalue weighted by molar-refractivity contribution is 6.02. The fourth-order valence-electron chi connectivity index (χ4n) is 4.01. The first-order chi connectivity index (χ1) is 15.5. The zero-order valence-corrected chi connectivity index (χ0v) is 18.0. The van der Waals surface area contributed by atoms with E-state index in [1.54, 1.807) is 29.0 Å². The SMILES string of the molecule is C.Cn1cncc1C[C@@H](N)C(=O)N1CCC(c2ccc(C(=O)N=C(N)N)cc2C(F)(F)F)CC1. The minimum absolute atomic E-state index is 0. The van der Waals surface area contributed by atoms with E-state index < -0.39 is 35.6 Å². The Hall–Kier alpha value is -3.41. The molecule has 9 nitrogen and oxygen atoms in total. The van der Waals surface area contributed by atoms with Crippen LogP contribution in [0.15, 0.2) is 35.7 Å². The van der Waals surface area contributed by atoms with Crippen LogP contribution in [0.5, 0.6) is 0 Å². The number of rotatable bonds is 5. The molecule has 0 bridgehead atoms. The number of nitrogens with two attached hydrogens (primary N) is 3. The zero-order valence-electron chi connectivity index (χ0n) is 18.0. The largest absolute Gasteiger partial charge is 0.416 e. The molecule has 1 aliphatic rings. The maximum absolute atomic E-state index is 13.7. The number of halogens is 3. The maximum Gasteiger partial charge on any atom is 0.416 e. The predicted molar refractivity (Wildman–Crippen MR) is 122 cm³/mol. The molecule has 2 aromatic rings. The first kappa shape index (κ1) is 26.8. The number of imidazole rings is 1. The lowest BCUT2D eigenvalue weighted by molar-refractivity contribution is -0.139. The van der Waals surface area contributed by atoms with Crippen LogP contribution in [0.2, 0.25) is 0 Å². The van der Waals surface area contributed by atoms with Crippen molar-refractivity contribution in [3.8, 4) is 0 Å². The van der Waals surface area contributed by atoms with E-state index in [0.29, 0.717) is 19.3 Å². The van der Waals surface area contributed by atoms with Crippen LogP contribution in [0.25, 0.3) is 0 Å². The number of carbonyl (C=O) groups excluding carboxylic acids is 2. The van der Waals surface area contributed by atoms with E-state index in [1.165, 1.54) is 12.1 Å². The molecule has 0 saturated carbocycles. The predicted octanol–water partition coefficient (Wildman–Crippen LogP) is 1.76. The molecular formula is C22H30F3N7O2. The summed E-state index contributed by atoms with van der Waals surface area (Å²) in [5.41, 5.74) is 16.1. The molecule has 3 rings (SSSR count). The van der Waals surface area contributed by atoms with Gasteiger partial charge in [0.15, 0.2) is 5.96 Å². The van der Waals surface area contributed by atoms with Crippen molar-refractivity contribution in [2.24, 2.45) is 29.2 Å². The van der Waals surface area contributed by atoms with Gasteiger partial charge in [-0.15, -0.1) is 0 Å². The number of aromatic nitrogens is 2. The molecule has 0 spiro atoms. The first-order valence-corrected chi connectivity index (χ1v) is 10.3. The molecule has 2 heterocycles. The van der Waals surface area contributed by atoms with Gasteiger partial charge in [0.1, 0.15) is 0 Å². The number of likely N-dealkylation sites (tertiary alicyclic amines) is 1. The molecule has 1 aromatic carbocycles. The van der Waals surface area contributed by atoms with Crippen molar-refractivity contribution < 1.29 is 22.8 Å². The van der Waals surface area contributed by atoms with Crippen molar-refractivity contribution in [1.29, 1.82) is 0 Å². The van der Waals surface area contributed by atoms with Gasteiger partial charge in [-0.1, -0.05) is 13.5 Å². The van der Waals surface area contributed by atoms with E-state index in [0.717, 1.165) is 11.8 Å². The van der Waals surface area contributed by atoms with Crippen LogP contribution in [0, 0.1) is 0 Å². The van der Waals surface area contributed by atoms with Crippen molar-refractivity contribution in [3.05, 3.63) is 53.1 Å². The van der Waals surface area contributed by atoms with Gasteiger partial charge in [0.05, 0.1) is 17.9 Å². The number of carbonyl (C=O) groups is 2. The number of aliphatic imine (C=N–C) groups is 1. The number of hydrogen-bond donors (Lipinski definition) is 3. The summed E-state index contributed by atoms with van der Waals surface area (Å²) < 4.78 is 43.0. The average Bonchev–Trinajstić information content (AvgIpc) is 3.16. The highest BCUT2D eigenvalue weighted by Gasteiger charge is 2.37. The van der Waals surface area contributed by atoms with Gasteiger partial charge >= 0.3 is 6.18 Å². The summed E-state index contributed by atoms with van der Waals surface area (Å²) in [5.74, 6) is -2.15. The molecule has 0 unspecified atom stereocenters. The fraction of sp³-hybridized carbons (Fsp3) is 0.455. The molecule has 1 saturated heterocycles. The van der Waals surface area contributed by atoms with Crippen LogP contribution >= 0.6 is 0 Å². The second-order valence-electron chi connectivity index (χ2n) is 8.05. The maximum atomic E-state index is 13.7. The van der Waals surface area contributed by atoms with Gasteiger partial charge in [-0.2, -0.15) is 18.2 Å². The minimum atomic E-state index is -4.66. The molecule has 2 amide bonds. The Balaban J connectivity index is 0.00000408. The second kappa shape index (κ2) is 10.7. The van der Waals surface area contributed by atoms with Crippen molar-refractivity contribution >= 4 is 17.8 Å². The summed E-state index contributed by atoms with van der Waals surface area (Å²) in [7, 11) is 1.80. The van der Waals surface area contributed by atoms with Crippen LogP contribution in [0.4, 0.5) is 13.2 Å². The average molecular weight is 482 g/mol. The van der Waals surface area contributed by atoms with E-state index in [-0.39, 0.29) is 37.6 Å². The Bertz CT molecular complexity index is 1050. The van der Waals surface area contributed by atoms with Crippen LogP contribution in [-0.2, 0) is 24.4 Å². The number of amides is 2. The Morgan fingerprint density at radius 1 is 1.24 bits per heavy atom. The van der Waals surface area contributed by atoms with Crippen LogP contribution < -0.4 is 17.2 Å². The lowest BCUT2D eigenvalue weighted by Gasteiger charge is -2.34. The number of benzene rings is 1. The van der Waals surface area contributed by atoms with Gasteiger partial charge in [0.2, 0.25) is 5.91 Å². The second-order valence-corrected chi connectivity index (χ2v) is 8.05. The number of aryl methyl sites for hydroxylation is 1. The molecule has 1 fully saturated rings. The molecule has 6 N–H and O–H groups in total. The number of hydrogen-bond acceptors (Lipinski definition) is 4. The third-order valence-electron chi connectivity index (χ3n) is 5.75. The van der Waals surface area contributed by atoms with Gasteiger partial charge in [-0.3, -0.25) is 9.59 Å². The minimum Gasteiger partial charge on any atom is -0.370 e. The summed E-state index contributed by atoms with van der Waals surface area (Å²) in [4.78, 5) is 33.6. The van der Waals surface area contributed by atoms with E-state index in [2.05, 4.69) is 9.98 Å². The molecule has 1 aliphatic heterocycles. The molecular weight excluding hydrogens is 451 g/mol. The number of piperidine rings is 1. The quantitative estimate of drug-likeness (QED) is 0.438. The van der Waals surface area contributed by atoms with Crippen molar-refractivity contribution in [1.82, 2.24) is 14.5 Å². The molecule has 186 valence electrons. The highest BCUT2D eigenvalue weighted by Crippen LogP contribution is 2.39. The summed E-state index contributed by atoms with van der Waals surface area (Å²) in [6.07, 6.45) is -0.407. The molecule has 1 atom stereocenters. The summed E-state index contributed by atoms with van der Waals surface area (Å²) in [5, 5.41) is 0. The van der Waals surface area contributed by atoms with Gasteiger partial charge in [-0.05, 0) is 36.5 Å². The lowest BCUT2D eigenvalue weighted by Crippen LogP contribution is -2.48. The molecule has 12 heteroatoms. The lowest BCUT2D eigenvalue weighted by atomic mass is 9.85. The molecule has 0 aliphatic carbocycles. The van der Waals surface area contributed by atoms with Gasteiger partial charge in [0, 0.05) is 44.0 Å². The summed E-state index contributed by atoms with van der Waals surface area (Å²) in [6.45, 7) is 0.573. The van der Waals surface area contributed by atoms with E-state index >= 15 is 0 Å². The smallest absolute Gasteiger partial charge is 0.370 e. The normalized spacial score (nSPS) is 15.4. The van der Waals surface area contributed by atoms with Gasteiger partial charge in [0.25, 0.3) is 5.91 Å². The monoisotopic (exact) mass is 481 g/mol. The van der Waals surface area contributed by atoms with Crippen LogP contribution in [0.1, 0.15) is 53.4 Å². The summed E-state index contributed by atoms with van der Waals surface area (Å²) >= 11 is 0. The van der Waals surface area contributed by atoms with E-state index in [9.17, 15) is 22.8 Å². The third-order valence-corrected chi connectivity index (χ3v) is 5.75. The van der Waals surface area contributed by atoms with Gasteiger partial charge < -0.3 is 26.7 Å². The Morgan fingerprint density at radius 2 is 1.88 bits per heavy atom. The van der Waals surface area contributed by atoms with Gasteiger partial charge in [-0.25, -0.2) is 4.98 Å². The van der Waals surface area contributed by atoms with Crippen molar-refractivity contribution in [3.63, 3.8) is 0 Å². The van der Waals surface area contributed by atoms with Crippen molar-refractivity contribution in [2.45, 2.75) is 44.8 Å². The number of nitrogens with zero attached hydrogens (tertiary/aromatic N) is 4. The zero-order chi connectivity index (χ0) is 24.3. The molecule has 34 heavy (non-hydrogen) atoms. The molecule has 1 aromatic heterocycles. The Labute approximate surface area is 195 Å². The topological polar surface area (TPSA) is 146 Å². The Morgan fingerprint density at radius 3 is 2.41 bits per heavy atom. The number of guanidine groups is 1. The van der Waals surface area contributed by atoms with Crippen molar-refractivity contribution in [2.75, 3.05) is 13.1 Å². The molecule has 0 radical (unpaired) electrons. The standard InChI is InChI=1S/C21H26F3N7O2.CH4/c1-30-11-28-10-14(30)9-17(25)19(33)31-6-4-12(5-7-31)15-3-2-13(18(32)29-20(26)27)8-16(15)21(22,23)24;/h2-3,8,10-12,17H,4-7,9,25H2,1H3,(H4,26,27,29,32);1H4/t17-;/m1./s1. The van der Waals surface area contributed by atoms with E-state index in [1.807, 2.05) is 0 Å². The van der Waals surface area contributed by atoms with E-state index in [4.69, 9.17) is 17.2 Å².